The highest BCUT2D eigenvalue weighted by Gasteiger charge is 2.35. The number of carbonyl (C=O) groups is 2. The number of hydrogen-bond acceptors (Lipinski definition) is 7. The molecule has 0 atom stereocenters. The summed E-state index contributed by atoms with van der Waals surface area (Å²) in [4.78, 5) is 37.3. The number of nitrogens with zero attached hydrogens (tertiary/aromatic N) is 4. The van der Waals surface area contributed by atoms with Gasteiger partial charge in [0.05, 0.1) is 37.8 Å². The number of rotatable bonds is 7. The number of para-hydroxylation sites is 2. The van der Waals surface area contributed by atoms with Gasteiger partial charge in [-0.2, -0.15) is 4.98 Å². The first-order valence-corrected chi connectivity index (χ1v) is 11.8. The largest absolute Gasteiger partial charge is 0.495 e. The van der Waals surface area contributed by atoms with Gasteiger partial charge in [0.15, 0.2) is 0 Å². The second-order valence-electron chi connectivity index (χ2n) is 8.13. The standard InChI is InChI=1S/C25H24Cl2N6O4/c1-13(2)23(34)29-15-8-6-7-9-16(15)30-24-28-11-14-12-33(25(35)32(3)22(14)31-24)21-19(26)17(36-4)10-18(37-5)20(21)27/h6-11H,1,12H2,2-5H3,(H,29,34)(H,28,30,31). The summed E-state index contributed by atoms with van der Waals surface area (Å²) in [7, 11) is 4.51. The van der Waals surface area contributed by atoms with Gasteiger partial charge in [-0.25, -0.2) is 9.78 Å². The molecule has 37 heavy (non-hydrogen) atoms. The number of halogens is 2. The van der Waals surface area contributed by atoms with Gasteiger partial charge in [-0.1, -0.05) is 41.9 Å². The Morgan fingerprint density at radius 1 is 1.11 bits per heavy atom. The molecule has 3 aromatic rings. The molecule has 0 unspecified atom stereocenters. The minimum absolute atomic E-state index is 0.111. The molecule has 4 rings (SSSR count). The van der Waals surface area contributed by atoms with Gasteiger partial charge < -0.3 is 20.1 Å². The molecule has 1 aromatic heterocycles. The summed E-state index contributed by atoms with van der Waals surface area (Å²) < 4.78 is 10.7. The lowest BCUT2D eigenvalue weighted by Gasteiger charge is -2.35. The molecule has 2 N–H and O–H groups in total. The van der Waals surface area contributed by atoms with Crippen molar-refractivity contribution < 1.29 is 19.1 Å². The van der Waals surface area contributed by atoms with E-state index in [4.69, 9.17) is 32.7 Å². The monoisotopic (exact) mass is 542 g/mol. The summed E-state index contributed by atoms with van der Waals surface area (Å²) in [5, 5.41) is 6.23. The highest BCUT2D eigenvalue weighted by Crippen LogP contribution is 2.47. The smallest absolute Gasteiger partial charge is 0.330 e. The Morgan fingerprint density at radius 3 is 2.32 bits per heavy atom. The molecule has 2 heterocycles. The van der Waals surface area contributed by atoms with Crippen molar-refractivity contribution in [2.75, 3.05) is 41.7 Å². The van der Waals surface area contributed by atoms with Gasteiger partial charge in [0.25, 0.3) is 5.91 Å². The topological polar surface area (TPSA) is 109 Å². The van der Waals surface area contributed by atoms with Crippen molar-refractivity contribution in [1.82, 2.24) is 9.97 Å². The fourth-order valence-electron chi connectivity index (χ4n) is 3.70. The van der Waals surface area contributed by atoms with E-state index < -0.39 is 6.03 Å². The Morgan fingerprint density at radius 2 is 1.73 bits per heavy atom. The van der Waals surface area contributed by atoms with Crippen LogP contribution in [-0.4, -0.2) is 43.2 Å². The van der Waals surface area contributed by atoms with Gasteiger partial charge in [-0.3, -0.25) is 14.6 Å². The van der Waals surface area contributed by atoms with Crippen LogP contribution in [0.15, 0.2) is 48.7 Å². The normalized spacial score (nSPS) is 12.6. The molecule has 0 bridgehead atoms. The van der Waals surface area contributed by atoms with Gasteiger partial charge in [-0.15, -0.1) is 0 Å². The third-order valence-electron chi connectivity index (χ3n) is 5.64. The summed E-state index contributed by atoms with van der Waals surface area (Å²) in [6.45, 7) is 5.39. The molecular weight excluding hydrogens is 519 g/mol. The van der Waals surface area contributed by atoms with Crippen LogP contribution in [0.4, 0.5) is 33.6 Å². The van der Waals surface area contributed by atoms with Crippen LogP contribution in [-0.2, 0) is 11.3 Å². The maximum Gasteiger partial charge on any atom is 0.330 e. The number of ether oxygens (including phenoxy) is 2. The van der Waals surface area contributed by atoms with E-state index in [2.05, 4.69) is 27.2 Å². The van der Waals surface area contributed by atoms with Crippen molar-refractivity contribution in [3.63, 3.8) is 0 Å². The van der Waals surface area contributed by atoms with Crippen molar-refractivity contribution in [2.45, 2.75) is 13.5 Å². The lowest BCUT2D eigenvalue weighted by molar-refractivity contribution is -0.112. The Labute approximate surface area is 223 Å². The van der Waals surface area contributed by atoms with Crippen molar-refractivity contribution in [3.05, 3.63) is 64.3 Å². The van der Waals surface area contributed by atoms with Crippen LogP contribution in [0.3, 0.4) is 0 Å². The molecule has 0 saturated heterocycles. The van der Waals surface area contributed by atoms with Crippen LogP contribution in [0.1, 0.15) is 12.5 Å². The van der Waals surface area contributed by atoms with E-state index in [1.165, 1.54) is 24.0 Å². The van der Waals surface area contributed by atoms with Gasteiger partial charge in [0.2, 0.25) is 5.95 Å². The second kappa shape index (κ2) is 10.5. The van der Waals surface area contributed by atoms with E-state index in [0.717, 1.165) is 0 Å². The highest BCUT2D eigenvalue weighted by atomic mass is 35.5. The summed E-state index contributed by atoms with van der Waals surface area (Å²) in [5.41, 5.74) is 2.39. The lowest BCUT2D eigenvalue weighted by Crippen LogP contribution is -2.46. The fraction of sp³-hybridized carbons (Fsp3) is 0.200. The molecule has 0 fully saturated rings. The lowest BCUT2D eigenvalue weighted by atomic mass is 10.2. The van der Waals surface area contributed by atoms with Crippen molar-refractivity contribution >= 4 is 64.0 Å². The van der Waals surface area contributed by atoms with Crippen molar-refractivity contribution in [2.24, 2.45) is 0 Å². The van der Waals surface area contributed by atoms with Gasteiger partial charge in [0.1, 0.15) is 27.4 Å². The Kier molecular flexibility index (Phi) is 7.42. The fourth-order valence-corrected chi connectivity index (χ4v) is 4.41. The molecule has 0 radical (unpaired) electrons. The number of urea groups is 1. The maximum absolute atomic E-state index is 13.4. The van der Waals surface area contributed by atoms with Crippen LogP contribution in [0.25, 0.3) is 0 Å². The van der Waals surface area contributed by atoms with Crippen LogP contribution < -0.4 is 29.9 Å². The quantitative estimate of drug-likeness (QED) is 0.372. The van der Waals surface area contributed by atoms with E-state index in [0.29, 0.717) is 39.8 Å². The minimum Gasteiger partial charge on any atom is -0.495 e. The number of nitrogens with one attached hydrogen (secondary N) is 2. The predicted molar refractivity (Wildman–Crippen MR) is 145 cm³/mol. The highest BCUT2D eigenvalue weighted by molar-refractivity contribution is 6.42. The second-order valence-corrected chi connectivity index (χ2v) is 8.89. The minimum atomic E-state index is -0.412. The Hall–Kier alpha value is -4.02. The summed E-state index contributed by atoms with van der Waals surface area (Å²) in [6.07, 6.45) is 1.61. The molecule has 0 saturated carbocycles. The molecule has 1 aliphatic rings. The zero-order valence-corrected chi connectivity index (χ0v) is 22.1. The Bertz CT molecular complexity index is 1390. The maximum atomic E-state index is 13.4. The first kappa shape index (κ1) is 26.1. The van der Waals surface area contributed by atoms with Gasteiger partial charge >= 0.3 is 6.03 Å². The summed E-state index contributed by atoms with van der Waals surface area (Å²) in [5.74, 6) is 0.963. The zero-order valence-electron chi connectivity index (χ0n) is 20.6. The first-order chi connectivity index (χ1) is 17.7. The number of hydrogen-bond donors (Lipinski definition) is 2. The first-order valence-electron chi connectivity index (χ1n) is 11.0. The molecule has 1 aliphatic heterocycles. The van der Waals surface area contributed by atoms with Crippen LogP contribution in [0.2, 0.25) is 10.0 Å². The number of carbonyl (C=O) groups excluding carboxylic acids is 2. The number of methoxy groups -OCH3 is 2. The van der Waals surface area contributed by atoms with E-state index in [-0.39, 0.29) is 34.1 Å². The Balaban J connectivity index is 1.67. The van der Waals surface area contributed by atoms with Gasteiger partial charge in [0, 0.05) is 30.4 Å². The van der Waals surface area contributed by atoms with E-state index in [9.17, 15) is 9.59 Å². The number of benzene rings is 2. The third-order valence-corrected chi connectivity index (χ3v) is 6.37. The van der Waals surface area contributed by atoms with Crippen LogP contribution in [0.5, 0.6) is 11.5 Å². The molecule has 3 amide bonds. The number of aromatic nitrogens is 2. The van der Waals surface area contributed by atoms with Crippen LogP contribution in [0, 0.1) is 0 Å². The molecule has 2 aromatic carbocycles. The zero-order chi connectivity index (χ0) is 26.9. The number of anilines is 5. The molecule has 192 valence electrons. The molecular formula is C25H24Cl2N6O4. The van der Waals surface area contributed by atoms with Crippen molar-refractivity contribution in [1.29, 1.82) is 0 Å². The number of fused-ring (bicyclic) bond motifs is 1. The van der Waals surface area contributed by atoms with E-state index in [1.54, 1.807) is 50.5 Å². The average molecular weight is 543 g/mol. The molecule has 10 nitrogen and oxygen atoms in total. The van der Waals surface area contributed by atoms with Crippen molar-refractivity contribution in [3.8, 4) is 11.5 Å². The predicted octanol–water partition coefficient (Wildman–Crippen LogP) is 5.64. The SMILES string of the molecule is C=C(C)C(=O)Nc1ccccc1Nc1ncc2c(n1)N(C)C(=O)N(c1c(Cl)c(OC)cc(OC)c1Cl)C2. The molecule has 12 heteroatoms. The average Bonchev–Trinajstić information content (AvgIpc) is 2.88. The molecule has 0 spiro atoms. The van der Waals surface area contributed by atoms with Crippen LogP contribution >= 0.6 is 23.2 Å². The molecule has 0 aliphatic carbocycles. The summed E-state index contributed by atoms with van der Waals surface area (Å²) in [6, 6.07) is 8.25. The van der Waals surface area contributed by atoms with E-state index in [1.807, 2.05) is 0 Å². The van der Waals surface area contributed by atoms with E-state index >= 15 is 0 Å². The third kappa shape index (κ3) is 4.98. The summed E-state index contributed by atoms with van der Waals surface area (Å²) >= 11 is 13.1. The van der Waals surface area contributed by atoms with Gasteiger partial charge in [-0.05, 0) is 19.1 Å². The number of amides is 3.